The Bertz CT molecular complexity index is 592. The molecule has 0 aromatic heterocycles. The van der Waals surface area contributed by atoms with Gasteiger partial charge in [-0.3, -0.25) is 0 Å². The van der Waals surface area contributed by atoms with Crippen LogP contribution in [0.4, 0.5) is 0 Å². The minimum atomic E-state index is 0.288. The lowest BCUT2D eigenvalue weighted by molar-refractivity contribution is 0.298. The average Bonchev–Trinajstić information content (AvgIpc) is 2.89. The fourth-order valence-electron chi connectivity index (χ4n) is 2.37. The van der Waals surface area contributed by atoms with E-state index in [-0.39, 0.29) is 6.04 Å². The topological polar surface area (TPSA) is 30.5 Å². The van der Waals surface area contributed by atoms with Crippen molar-refractivity contribution in [1.82, 2.24) is 5.32 Å². The van der Waals surface area contributed by atoms with Gasteiger partial charge in [-0.1, -0.05) is 29.8 Å². The third kappa shape index (κ3) is 2.63. The minimum absolute atomic E-state index is 0.288. The van der Waals surface area contributed by atoms with Crippen LogP contribution in [0.15, 0.2) is 42.5 Å². The lowest BCUT2D eigenvalue weighted by Gasteiger charge is -2.09. The van der Waals surface area contributed by atoms with Gasteiger partial charge in [-0.2, -0.15) is 0 Å². The number of rotatable bonds is 4. The molecule has 0 radical (unpaired) electrons. The van der Waals surface area contributed by atoms with Crippen molar-refractivity contribution in [2.75, 3.05) is 13.7 Å². The predicted molar refractivity (Wildman–Crippen MR) is 79.2 cm³/mol. The summed E-state index contributed by atoms with van der Waals surface area (Å²) in [6.07, 6.45) is 0. The molecule has 3 nitrogen and oxygen atoms in total. The average molecular weight is 269 g/mol. The second-order valence-electron chi connectivity index (χ2n) is 5.13. The molecule has 0 aliphatic carbocycles. The largest absolute Gasteiger partial charge is 0.491 e. The first-order valence-electron chi connectivity index (χ1n) is 6.88. The summed E-state index contributed by atoms with van der Waals surface area (Å²) < 4.78 is 11.5. The van der Waals surface area contributed by atoms with Gasteiger partial charge in [0.05, 0.1) is 6.04 Å². The van der Waals surface area contributed by atoms with E-state index in [0.29, 0.717) is 13.2 Å². The van der Waals surface area contributed by atoms with Gasteiger partial charge >= 0.3 is 0 Å². The van der Waals surface area contributed by atoms with Crippen LogP contribution in [0.25, 0.3) is 0 Å². The van der Waals surface area contributed by atoms with Crippen LogP contribution in [-0.4, -0.2) is 13.7 Å². The molecule has 0 bridgehead atoms. The molecule has 1 unspecified atom stereocenters. The summed E-state index contributed by atoms with van der Waals surface area (Å²) in [6.45, 7) is 3.35. The van der Waals surface area contributed by atoms with Gasteiger partial charge in [0, 0.05) is 11.6 Å². The smallest absolute Gasteiger partial charge is 0.127 e. The Morgan fingerprint density at radius 1 is 1.20 bits per heavy atom. The molecule has 0 amide bonds. The second-order valence-corrected chi connectivity index (χ2v) is 5.13. The Hall–Kier alpha value is -2.00. The Kier molecular flexibility index (Phi) is 3.61. The van der Waals surface area contributed by atoms with Crippen molar-refractivity contribution in [3.8, 4) is 11.5 Å². The fourth-order valence-corrected chi connectivity index (χ4v) is 2.37. The Labute approximate surface area is 119 Å². The van der Waals surface area contributed by atoms with E-state index in [0.717, 1.165) is 11.5 Å². The van der Waals surface area contributed by atoms with Gasteiger partial charge in [0.1, 0.15) is 24.7 Å². The van der Waals surface area contributed by atoms with Gasteiger partial charge in [-0.25, -0.2) is 0 Å². The summed E-state index contributed by atoms with van der Waals surface area (Å²) in [6, 6.07) is 14.7. The molecule has 104 valence electrons. The maximum Gasteiger partial charge on any atom is 0.127 e. The monoisotopic (exact) mass is 269 g/mol. The van der Waals surface area contributed by atoms with Gasteiger partial charge in [0.2, 0.25) is 0 Å². The van der Waals surface area contributed by atoms with E-state index in [1.165, 1.54) is 16.7 Å². The van der Waals surface area contributed by atoms with Crippen LogP contribution < -0.4 is 14.8 Å². The van der Waals surface area contributed by atoms with E-state index >= 15 is 0 Å². The van der Waals surface area contributed by atoms with Crippen molar-refractivity contribution < 1.29 is 9.47 Å². The van der Waals surface area contributed by atoms with Crippen molar-refractivity contribution >= 4 is 0 Å². The molecule has 3 rings (SSSR count). The van der Waals surface area contributed by atoms with Crippen LogP contribution in [0.2, 0.25) is 0 Å². The highest BCUT2D eigenvalue weighted by Crippen LogP contribution is 2.35. The zero-order valence-electron chi connectivity index (χ0n) is 11.8. The lowest BCUT2D eigenvalue weighted by Crippen LogP contribution is -2.17. The number of fused-ring (bicyclic) bond motifs is 1. The summed E-state index contributed by atoms with van der Waals surface area (Å²) in [5.41, 5.74) is 3.64. The number of likely N-dealkylation sites (N-methyl/N-ethyl adjacent to an activating group) is 1. The molecule has 1 aliphatic rings. The first-order valence-corrected chi connectivity index (χ1v) is 6.88. The van der Waals surface area contributed by atoms with Crippen LogP contribution in [-0.2, 0) is 6.61 Å². The van der Waals surface area contributed by atoms with Crippen molar-refractivity contribution in [1.29, 1.82) is 0 Å². The van der Waals surface area contributed by atoms with E-state index < -0.39 is 0 Å². The molecule has 1 heterocycles. The van der Waals surface area contributed by atoms with Crippen molar-refractivity contribution in [2.24, 2.45) is 0 Å². The number of ether oxygens (including phenoxy) is 2. The summed E-state index contributed by atoms with van der Waals surface area (Å²) in [5.74, 6) is 1.77. The van der Waals surface area contributed by atoms with E-state index in [1.807, 2.05) is 19.2 Å². The summed E-state index contributed by atoms with van der Waals surface area (Å²) in [5, 5.41) is 3.24. The second kappa shape index (κ2) is 5.55. The molecule has 2 aromatic carbocycles. The maximum absolute atomic E-state index is 5.83. The molecule has 1 aliphatic heterocycles. The predicted octanol–water partition coefficient (Wildman–Crippen LogP) is 3.23. The molecule has 1 N–H and O–H groups in total. The normalized spacial score (nSPS) is 16.6. The Balaban J connectivity index is 1.68. The van der Waals surface area contributed by atoms with Crippen molar-refractivity contribution in [3.05, 3.63) is 59.2 Å². The molecule has 1 atom stereocenters. The number of hydrogen-bond acceptors (Lipinski definition) is 3. The van der Waals surface area contributed by atoms with Crippen molar-refractivity contribution in [3.63, 3.8) is 0 Å². The highest BCUT2D eigenvalue weighted by Gasteiger charge is 2.22. The highest BCUT2D eigenvalue weighted by molar-refractivity contribution is 5.45. The maximum atomic E-state index is 5.83. The molecule has 2 aromatic rings. The molecule has 0 saturated heterocycles. The quantitative estimate of drug-likeness (QED) is 0.924. The zero-order valence-corrected chi connectivity index (χ0v) is 11.8. The van der Waals surface area contributed by atoms with Crippen LogP contribution in [0.5, 0.6) is 11.5 Å². The van der Waals surface area contributed by atoms with Gasteiger partial charge in [0.25, 0.3) is 0 Å². The van der Waals surface area contributed by atoms with E-state index in [2.05, 4.69) is 42.6 Å². The van der Waals surface area contributed by atoms with Crippen LogP contribution >= 0.6 is 0 Å². The summed E-state index contributed by atoms with van der Waals surface area (Å²) >= 11 is 0. The van der Waals surface area contributed by atoms with Gasteiger partial charge in [-0.15, -0.1) is 0 Å². The fraction of sp³-hybridized carbons (Fsp3) is 0.294. The summed E-state index contributed by atoms with van der Waals surface area (Å²) in [4.78, 5) is 0. The first kappa shape index (κ1) is 13.0. The van der Waals surface area contributed by atoms with Crippen molar-refractivity contribution in [2.45, 2.75) is 19.6 Å². The molecule has 20 heavy (non-hydrogen) atoms. The molecule has 0 spiro atoms. The lowest BCUT2D eigenvalue weighted by atomic mass is 10.1. The van der Waals surface area contributed by atoms with Crippen LogP contribution in [0.1, 0.15) is 22.7 Å². The molecule has 3 heteroatoms. The van der Waals surface area contributed by atoms with E-state index in [4.69, 9.17) is 9.47 Å². The van der Waals surface area contributed by atoms with Crippen LogP contribution in [0, 0.1) is 6.92 Å². The number of hydrogen-bond donors (Lipinski definition) is 1. The van der Waals surface area contributed by atoms with Crippen LogP contribution in [0.3, 0.4) is 0 Å². The number of nitrogens with one attached hydrogen (secondary N) is 1. The van der Waals surface area contributed by atoms with Gasteiger partial charge in [0.15, 0.2) is 0 Å². The molecular formula is C17H19NO2. The zero-order chi connectivity index (χ0) is 13.9. The highest BCUT2D eigenvalue weighted by atomic mass is 16.5. The molecule has 0 saturated carbocycles. The van der Waals surface area contributed by atoms with E-state index in [9.17, 15) is 0 Å². The van der Waals surface area contributed by atoms with Gasteiger partial charge < -0.3 is 14.8 Å². The third-order valence-electron chi connectivity index (χ3n) is 3.64. The number of aryl methyl sites for hydroxylation is 1. The number of benzene rings is 2. The SMILES string of the molecule is CNC1COc2cc(OCc3ccc(C)cc3)ccc21. The third-order valence-corrected chi connectivity index (χ3v) is 3.64. The molecular weight excluding hydrogens is 250 g/mol. The standard InChI is InChI=1S/C17H19NO2/c1-12-3-5-13(6-4-12)10-19-14-7-8-15-16(18-2)11-20-17(15)9-14/h3-9,16,18H,10-11H2,1-2H3. The Morgan fingerprint density at radius 3 is 2.75 bits per heavy atom. The Morgan fingerprint density at radius 2 is 2.00 bits per heavy atom. The first-order chi connectivity index (χ1) is 9.76. The van der Waals surface area contributed by atoms with E-state index in [1.54, 1.807) is 0 Å². The summed E-state index contributed by atoms with van der Waals surface area (Å²) in [7, 11) is 1.95. The van der Waals surface area contributed by atoms with Gasteiger partial charge in [-0.05, 0) is 31.7 Å². The molecule has 0 fully saturated rings. The minimum Gasteiger partial charge on any atom is -0.491 e.